The maximum Gasteiger partial charge on any atom is 0.0230 e. The number of benzene rings is 2. The first-order valence-corrected chi connectivity index (χ1v) is 5.67. The van der Waals surface area contributed by atoms with E-state index in [2.05, 4.69) is 49.4 Å². The van der Waals surface area contributed by atoms with E-state index in [1.807, 2.05) is 0 Å². The van der Waals surface area contributed by atoms with Crippen molar-refractivity contribution in [2.75, 3.05) is 6.54 Å². The lowest BCUT2D eigenvalue weighted by Crippen LogP contribution is -2.34. The van der Waals surface area contributed by atoms with Gasteiger partial charge in [0.05, 0.1) is 0 Å². The summed E-state index contributed by atoms with van der Waals surface area (Å²) in [5.74, 6) is 0.288. The van der Waals surface area contributed by atoms with E-state index in [0.29, 0.717) is 6.54 Å². The van der Waals surface area contributed by atoms with Gasteiger partial charge in [0.1, 0.15) is 0 Å². The van der Waals surface area contributed by atoms with Crippen molar-refractivity contribution in [3.05, 3.63) is 48.0 Å². The predicted molar refractivity (Wildman–Crippen MR) is 69.4 cm³/mol. The standard InChI is InChI=1S/C14H18N2/c1-10(14(16)9-15)12-8-4-6-11-5-2-3-7-13(11)12/h2-8,10,14H,9,15-16H2,1H3/t10-,14?/m1/s1. The molecule has 0 aliphatic rings. The maximum atomic E-state index is 6.01. The summed E-state index contributed by atoms with van der Waals surface area (Å²) in [6.07, 6.45) is 0. The highest BCUT2D eigenvalue weighted by molar-refractivity contribution is 5.86. The molecule has 0 amide bonds. The van der Waals surface area contributed by atoms with Gasteiger partial charge in [0.15, 0.2) is 0 Å². The lowest BCUT2D eigenvalue weighted by atomic mass is 9.90. The van der Waals surface area contributed by atoms with Crippen molar-refractivity contribution in [3.63, 3.8) is 0 Å². The molecule has 0 fully saturated rings. The van der Waals surface area contributed by atoms with E-state index in [1.54, 1.807) is 0 Å². The van der Waals surface area contributed by atoms with Crippen LogP contribution in [0.2, 0.25) is 0 Å². The normalized spacial score (nSPS) is 14.9. The summed E-state index contributed by atoms with van der Waals surface area (Å²) in [4.78, 5) is 0. The van der Waals surface area contributed by atoms with Gasteiger partial charge in [0, 0.05) is 12.6 Å². The molecule has 2 nitrogen and oxygen atoms in total. The summed E-state index contributed by atoms with van der Waals surface area (Å²) in [5, 5.41) is 2.54. The first-order valence-electron chi connectivity index (χ1n) is 5.67. The summed E-state index contributed by atoms with van der Waals surface area (Å²) in [6.45, 7) is 2.66. The lowest BCUT2D eigenvalue weighted by Gasteiger charge is -2.20. The third-order valence-corrected chi connectivity index (χ3v) is 3.23. The molecule has 2 atom stereocenters. The smallest absolute Gasteiger partial charge is 0.0230 e. The fourth-order valence-electron chi connectivity index (χ4n) is 2.08. The molecule has 1 unspecified atom stereocenters. The van der Waals surface area contributed by atoms with Crippen molar-refractivity contribution in [1.82, 2.24) is 0 Å². The molecule has 0 aliphatic heterocycles. The maximum absolute atomic E-state index is 6.01. The van der Waals surface area contributed by atoms with Crippen LogP contribution in [0.4, 0.5) is 0 Å². The number of hydrogen-bond acceptors (Lipinski definition) is 2. The highest BCUT2D eigenvalue weighted by Crippen LogP contribution is 2.26. The second-order valence-electron chi connectivity index (χ2n) is 4.26. The molecule has 0 aliphatic carbocycles. The van der Waals surface area contributed by atoms with Crippen molar-refractivity contribution in [2.24, 2.45) is 11.5 Å². The fraction of sp³-hybridized carbons (Fsp3) is 0.286. The Bertz CT molecular complexity index is 474. The minimum atomic E-state index is 0.0193. The summed E-state index contributed by atoms with van der Waals surface area (Å²) in [6, 6.07) is 14.8. The van der Waals surface area contributed by atoms with Crippen molar-refractivity contribution < 1.29 is 0 Å². The first-order chi connectivity index (χ1) is 7.74. The van der Waals surface area contributed by atoms with Crippen LogP contribution in [0, 0.1) is 0 Å². The second kappa shape index (κ2) is 4.64. The van der Waals surface area contributed by atoms with Crippen LogP contribution in [0.1, 0.15) is 18.4 Å². The molecule has 2 aromatic rings. The van der Waals surface area contributed by atoms with E-state index in [0.717, 1.165) is 0 Å². The minimum absolute atomic E-state index is 0.0193. The summed E-state index contributed by atoms with van der Waals surface area (Å²) >= 11 is 0. The molecular formula is C14H18N2. The number of rotatable bonds is 3. The minimum Gasteiger partial charge on any atom is -0.329 e. The van der Waals surface area contributed by atoms with Gasteiger partial charge in [0.2, 0.25) is 0 Å². The van der Waals surface area contributed by atoms with Crippen LogP contribution in [0.3, 0.4) is 0 Å². The SMILES string of the molecule is C[C@H](c1cccc2ccccc12)C(N)CN. The molecule has 84 valence electrons. The molecule has 4 N–H and O–H groups in total. The first kappa shape index (κ1) is 11.1. The van der Waals surface area contributed by atoms with E-state index >= 15 is 0 Å². The van der Waals surface area contributed by atoms with E-state index in [4.69, 9.17) is 11.5 Å². The van der Waals surface area contributed by atoms with Crippen molar-refractivity contribution in [2.45, 2.75) is 18.9 Å². The van der Waals surface area contributed by atoms with Gasteiger partial charge in [-0.1, -0.05) is 49.4 Å². The van der Waals surface area contributed by atoms with Gasteiger partial charge in [-0.25, -0.2) is 0 Å². The summed E-state index contributed by atoms with van der Waals surface area (Å²) in [7, 11) is 0. The molecule has 0 radical (unpaired) electrons. The molecule has 2 heteroatoms. The predicted octanol–water partition coefficient (Wildman–Crippen LogP) is 2.23. The van der Waals surface area contributed by atoms with Crippen LogP contribution in [-0.2, 0) is 0 Å². The third kappa shape index (κ3) is 1.94. The van der Waals surface area contributed by atoms with Gasteiger partial charge < -0.3 is 11.5 Å². The van der Waals surface area contributed by atoms with Gasteiger partial charge in [-0.05, 0) is 22.3 Å². The topological polar surface area (TPSA) is 52.0 Å². The zero-order chi connectivity index (χ0) is 11.5. The molecule has 0 saturated heterocycles. The van der Waals surface area contributed by atoms with Crippen LogP contribution in [-0.4, -0.2) is 12.6 Å². The Morgan fingerprint density at radius 2 is 1.75 bits per heavy atom. The number of nitrogens with two attached hydrogens (primary N) is 2. The van der Waals surface area contributed by atoms with E-state index in [-0.39, 0.29) is 12.0 Å². The van der Waals surface area contributed by atoms with Crippen LogP contribution in [0.25, 0.3) is 10.8 Å². The van der Waals surface area contributed by atoms with Crippen LogP contribution < -0.4 is 11.5 Å². The Hall–Kier alpha value is -1.38. The van der Waals surface area contributed by atoms with Gasteiger partial charge in [-0.3, -0.25) is 0 Å². The van der Waals surface area contributed by atoms with Gasteiger partial charge >= 0.3 is 0 Å². The highest BCUT2D eigenvalue weighted by atomic mass is 14.7. The fourth-order valence-corrected chi connectivity index (χ4v) is 2.08. The van der Waals surface area contributed by atoms with Crippen molar-refractivity contribution >= 4 is 10.8 Å². The molecule has 0 aromatic heterocycles. The summed E-state index contributed by atoms with van der Waals surface area (Å²) in [5.41, 5.74) is 12.9. The molecule has 16 heavy (non-hydrogen) atoms. The quantitative estimate of drug-likeness (QED) is 0.823. The average Bonchev–Trinajstić information content (AvgIpc) is 2.36. The van der Waals surface area contributed by atoms with Gasteiger partial charge in [-0.15, -0.1) is 0 Å². The van der Waals surface area contributed by atoms with Crippen LogP contribution in [0.5, 0.6) is 0 Å². The largest absolute Gasteiger partial charge is 0.329 e. The van der Waals surface area contributed by atoms with E-state index in [9.17, 15) is 0 Å². The van der Waals surface area contributed by atoms with Crippen LogP contribution >= 0.6 is 0 Å². The molecular weight excluding hydrogens is 196 g/mol. The van der Waals surface area contributed by atoms with Crippen molar-refractivity contribution in [1.29, 1.82) is 0 Å². The molecule has 0 spiro atoms. The van der Waals surface area contributed by atoms with E-state index < -0.39 is 0 Å². The number of fused-ring (bicyclic) bond motifs is 1. The molecule has 0 bridgehead atoms. The van der Waals surface area contributed by atoms with E-state index in [1.165, 1.54) is 16.3 Å². The summed E-state index contributed by atoms with van der Waals surface area (Å²) < 4.78 is 0. The molecule has 0 saturated carbocycles. The lowest BCUT2D eigenvalue weighted by molar-refractivity contribution is 0.579. The Labute approximate surface area is 96.3 Å². The van der Waals surface area contributed by atoms with Crippen molar-refractivity contribution in [3.8, 4) is 0 Å². The molecule has 2 aromatic carbocycles. The number of hydrogen-bond donors (Lipinski definition) is 2. The van der Waals surface area contributed by atoms with Crippen LogP contribution in [0.15, 0.2) is 42.5 Å². The molecule has 0 heterocycles. The zero-order valence-corrected chi connectivity index (χ0v) is 9.56. The Morgan fingerprint density at radius 3 is 2.50 bits per heavy atom. The molecule has 2 rings (SSSR count). The Morgan fingerprint density at radius 1 is 1.06 bits per heavy atom. The third-order valence-electron chi connectivity index (χ3n) is 3.23. The highest BCUT2D eigenvalue weighted by Gasteiger charge is 2.15. The monoisotopic (exact) mass is 214 g/mol. The Balaban J connectivity index is 2.52. The second-order valence-corrected chi connectivity index (χ2v) is 4.26. The zero-order valence-electron chi connectivity index (χ0n) is 9.56. The Kier molecular flexibility index (Phi) is 3.22. The van der Waals surface area contributed by atoms with Gasteiger partial charge in [-0.2, -0.15) is 0 Å². The average molecular weight is 214 g/mol. The van der Waals surface area contributed by atoms with Gasteiger partial charge in [0.25, 0.3) is 0 Å².